The summed E-state index contributed by atoms with van der Waals surface area (Å²) in [5, 5.41) is 6.02. The van der Waals surface area contributed by atoms with Gasteiger partial charge in [0.15, 0.2) is 0 Å². The van der Waals surface area contributed by atoms with Gasteiger partial charge in [0.1, 0.15) is 29.5 Å². The Morgan fingerprint density at radius 2 is 1.56 bits per heavy atom. The highest BCUT2D eigenvalue weighted by atomic mass is 32.2. The highest BCUT2D eigenvalue weighted by molar-refractivity contribution is 7.87. The van der Waals surface area contributed by atoms with Crippen molar-refractivity contribution in [2.24, 2.45) is 11.3 Å². The molecule has 0 aliphatic carbocycles. The molecular weight excluding hydrogens is 610 g/mol. The molecule has 0 aliphatic heterocycles. The molecule has 0 aromatic heterocycles. The number of esters is 1. The molecule has 0 radical (unpaired) electrons. The third kappa shape index (κ3) is 16.7. The lowest BCUT2D eigenvalue weighted by Gasteiger charge is -2.17. The second kappa shape index (κ2) is 18.2. The van der Waals surface area contributed by atoms with Gasteiger partial charge in [-0.25, -0.2) is 4.79 Å². The first kappa shape index (κ1) is 39.2. The molecule has 0 heterocycles. The largest absolute Gasteiger partial charge is 0.465 e. The minimum absolute atomic E-state index is 0.0258. The van der Waals surface area contributed by atoms with Crippen molar-refractivity contribution < 1.29 is 51.2 Å². The summed E-state index contributed by atoms with van der Waals surface area (Å²) in [6, 6.07) is 5.51. The summed E-state index contributed by atoms with van der Waals surface area (Å²) < 4.78 is 42.0. The summed E-state index contributed by atoms with van der Waals surface area (Å²) in [4.78, 5) is 72.3. The zero-order chi connectivity index (χ0) is 34.4. The fourth-order valence-corrected chi connectivity index (χ4v) is 4.57. The minimum Gasteiger partial charge on any atom is -0.465 e. The Bertz CT molecular complexity index is 1310. The number of carbonyl (C=O) groups excluding carboxylic acids is 6. The van der Waals surface area contributed by atoms with Crippen molar-refractivity contribution in [2.45, 2.75) is 91.5 Å². The molecule has 252 valence electrons. The van der Waals surface area contributed by atoms with Crippen molar-refractivity contribution in [3.63, 3.8) is 0 Å². The van der Waals surface area contributed by atoms with Gasteiger partial charge in [0.2, 0.25) is 11.8 Å². The van der Waals surface area contributed by atoms with Gasteiger partial charge in [0.25, 0.3) is 10.1 Å². The molecule has 3 atom stereocenters. The molecule has 45 heavy (non-hydrogen) atoms. The number of alkyl carbamates (subject to hydrolysis) is 1. The monoisotopic (exact) mass is 655 g/mol. The highest BCUT2D eigenvalue weighted by Gasteiger charge is 2.29. The van der Waals surface area contributed by atoms with Crippen LogP contribution in [0.2, 0.25) is 0 Å². The number of Topliss-reactive ketones (excluding diaryl/α,β-unsaturated/α-hetero) is 2. The minimum atomic E-state index is -4.64. The lowest BCUT2D eigenvalue weighted by molar-refractivity contribution is -0.146. The number of anilines is 1. The summed E-state index contributed by atoms with van der Waals surface area (Å²) in [7, 11) is -4.64. The molecule has 1 rings (SSSR count). The van der Waals surface area contributed by atoms with E-state index in [0.717, 1.165) is 6.92 Å². The maximum Gasteiger partial charge on any atom is 0.407 e. The van der Waals surface area contributed by atoms with Gasteiger partial charge in [-0.2, -0.15) is 8.42 Å². The molecule has 0 bridgehead atoms. The molecule has 14 nitrogen and oxygen atoms in total. The maximum atomic E-state index is 12.6. The molecule has 0 spiro atoms. The van der Waals surface area contributed by atoms with Crippen molar-refractivity contribution in [2.75, 3.05) is 18.5 Å². The van der Waals surface area contributed by atoms with Crippen molar-refractivity contribution in [1.29, 1.82) is 0 Å². The van der Waals surface area contributed by atoms with Crippen LogP contribution in [0.1, 0.15) is 79.2 Å². The standard InChI is InChI=1S/C30H45N3O11S/c1-19(16-24(35)13-14-25(21(3)34)45(40,41)42)27(37)32-20(2)28(38)33-23-11-9-22(10-12-23)17-43-29(39)31-15-7-8-26(36)44-18-30(4,5)6/h9-12,19-20,25H,7-8,13-18H2,1-6H3,(H,31,39)(H,32,37)(H,33,38)(H,40,41,42)/t19-,20+,25?/m1/s1. The molecule has 0 saturated carbocycles. The Kier molecular flexibility index (Phi) is 15.8. The summed E-state index contributed by atoms with van der Waals surface area (Å²) in [6.45, 7) is 10.3. The van der Waals surface area contributed by atoms with E-state index >= 15 is 0 Å². The smallest absolute Gasteiger partial charge is 0.407 e. The topological polar surface area (TPSA) is 211 Å². The van der Waals surface area contributed by atoms with E-state index < -0.39 is 63.2 Å². The van der Waals surface area contributed by atoms with Crippen molar-refractivity contribution in [1.82, 2.24) is 10.6 Å². The van der Waals surface area contributed by atoms with Gasteiger partial charge in [-0.15, -0.1) is 0 Å². The van der Waals surface area contributed by atoms with E-state index in [1.807, 2.05) is 20.8 Å². The molecule has 3 amide bonds. The normalized spacial score (nSPS) is 13.5. The van der Waals surface area contributed by atoms with Gasteiger partial charge in [0.05, 0.1) is 6.61 Å². The van der Waals surface area contributed by atoms with Gasteiger partial charge in [-0.1, -0.05) is 39.8 Å². The Morgan fingerprint density at radius 3 is 2.11 bits per heavy atom. The number of ether oxygens (including phenoxy) is 2. The lowest BCUT2D eigenvalue weighted by Crippen LogP contribution is -2.44. The number of benzene rings is 1. The molecule has 0 fully saturated rings. The second-order valence-corrected chi connectivity index (χ2v) is 13.6. The van der Waals surface area contributed by atoms with Crippen molar-refractivity contribution in [3.05, 3.63) is 29.8 Å². The summed E-state index contributed by atoms with van der Waals surface area (Å²) in [6.07, 6.45) is -1.02. The van der Waals surface area contributed by atoms with Crippen LogP contribution >= 0.6 is 0 Å². The number of carbonyl (C=O) groups is 6. The summed E-state index contributed by atoms with van der Waals surface area (Å²) >= 11 is 0. The maximum absolute atomic E-state index is 12.6. The Hall–Kier alpha value is -3.85. The first-order valence-electron chi connectivity index (χ1n) is 14.5. The number of rotatable bonds is 18. The molecule has 1 aromatic carbocycles. The molecular formula is C30H45N3O11S. The average molecular weight is 656 g/mol. The number of hydrogen-bond donors (Lipinski definition) is 4. The molecule has 15 heteroatoms. The van der Waals surface area contributed by atoms with Crippen LogP contribution in [0.5, 0.6) is 0 Å². The van der Waals surface area contributed by atoms with Gasteiger partial charge in [-0.05, 0) is 49.8 Å². The van der Waals surface area contributed by atoms with E-state index in [1.165, 1.54) is 13.8 Å². The molecule has 4 N–H and O–H groups in total. The Morgan fingerprint density at radius 1 is 0.933 bits per heavy atom. The average Bonchev–Trinajstić information content (AvgIpc) is 2.92. The lowest BCUT2D eigenvalue weighted by atomic mass is 9.99. The molecule has 0 saturated heterocycles. The zero-order valence-corrected chi connectivity index (χ0v) is 27.5. The number of amides is 3. The summed E-state index contributed by atoms with van der Waals surface area (Å²) in [5.41, 5.74) is 0.960. The van der Waals surface area contributed by atoms with Crippen LogP contribution in [0.3, 0.4) is 0 Å². The number of ketones is 2. The van der Waals surface area contributed by atoms with Crippen LogP contribution in [0.4, 0.5) is 10.5 Å². The van der Waals surface area contributed by atoms with Crippen LogP contribution in [-0.2, 0) is 50.2 Å². The molecule has 0 aliphatic rings. The van der Waals surface area contributed by atoms with Crippen LogP contribution in [0, 0.1) is 11.3 Å². The highest BCUT2D eigenvalue weighted by Crippen LogP contribution is 2.15. The van der Waals surface area contributed by atoms with Gasteiger partial charge in [-0.3, -0.25) is 28.5 Å². The third-order valence-corrected chi connectivity index (χ3v) is 7.60. The second-order valence-electron chi connectivity index (χ2n) is 12.0. The van der Waals surface area contributed by atoms with E-state index in [1.54, 1.807) is 24.3 Å². The summed E-state index contributed by atoms with van der Waals surface area (Å²) in [5.74, 6) is -3.52. The quantitative estimate of drug-likeness (QED) is 0.103. The van der Waals surface area contributed by atoms with Crippen LogP contribution in [0.15, 0.2) is 24.3 Å². The number of hydrogen-bond acceptors (Lipinski definition) is 10. The first-order valence-corrected chi connectivity index (χ1v) is 16.0. The van der Waals surface area contributed by atoms with E-state index in [4.69, 9.17) is 14.0 Å². The van der Waals surface area contributed by atoms with Crippen molar-refractivity contribution in [3.8, 4) is 0 Å². The van der Waals surface area contributed by atoms with Crippen LogP contribution < -0.4 is 16.0 Å². The van der Waals surface area contributed by atoms with E-state index in [9.17, 15) is 37.2 Å². The predicted octanol–water partition coefficient (Wildman–Crippen LogP) is 2.95. The SMILES string of the molecule is CC(=O)C(CCC(=O)C[C@@H](C)C(=O)N[C@@H](C)C(=O)Nc1ccc(COC(=O)NCCCC(=O)OCC(C)(C)C)cc1)S(=O)(=O)O. The van der Waals surface area contributed by atoms with E-state index in [2.05, 4.69) is 16.0 Å². The fraction of sp³-hybridized carbons (Fsp3) is 0.600. The van der Waals surface area contributed by atoms with E-state index in [-0.39, 0.29) is 43.8 Å². The van der Waals surface area contributed by atoms with Crippen LogP contribution in [0.25, 0.3) is 0 Å². The van der Waals surface area contributed by atoms with Gasteiger partial charge < -0.3 is 25.4 Å². The first-order chi connectivity index (χ1) is 20.8. The van der Waals surface area contributed by atoms with Crippen LogP contribution in [-0.4, -0.2) is 72.9 Å². The number of nitrogens with one attached hydrogen (secondary N) is 3. The fourth-order valence-electron chi connectivity index (χ4n) is 3.74. The zero-order valence-electron chi connectivity index (χ0n) is 26.6. The predicted molar refractivity (Wildman–Crippen MR) is 165 cm³/mol. The Labute approximate surface area is 264 Å². The van der Waals surface area contributed by atoms with Gasteiger partial charge >= 0.3 is 12.1 Å². The molecule has 1 unspecified atom stereocenters. The Balaban J connectivity index is 2.41. The van der Waals surface area contributed by atoms with E-state index in [0.29, 0.717) is 24.3 Å². The van der Waals surface area contributed by atoms with Crippen molar-refractivity contribution >= 4 is 51.2 Å². The third-order valence-electron chi connectivity index (χ3n) is 6.32. The van der Waals surface area contributed by atoms with Gasteiger partial charge in [0, 0.05) is 37.4 Å². The molecule has 1 aromatic rings.